The Morgan fingerprint density at radius 2 is 1.81 bits per heavy atom. The van der Waals surface area contributed by atoms with Gasteiger partial charge in [0.1, 0.15) is 5.16 Å². The van der Waals surface area contributed by atoms with Crippen molar-refractivity contribution in [1.82, 2.24) is 10.2 Å². The zero-order chi connectivity index (χ0) is 23.3. The average Bonchev–Trinajstić information content (AvgIpc) is 3.27. The highest BCUT2D eigenvalue weighted by atomic mass is 35.5. The van der Waals surface area contributed by atoms with Crippen molar-refractivity contribution in [3.8, 4) is 0 Å². The Morgan fingerprint density at radius 1 is 1.16 bits per heavy atom. The third kappa shape index (κ3) is 6.29. The van der Waals surface area contributed by atoms with Crippen LogP contribution in [-0.4, -0.2) is 43.0 Å². The van der Waals surface area contributed by atoms with Crippen molar-refractivity contribution in [3.05, 3.63) is 65.0 Å². The molecule has 0 spiro atoms. The lowest BCUT2D eigenvalue weighted by Crippen LogP contribution is -2.44. The van der Waals surface area contributed by atoms with Crippen LogP contribution in [-0.2, 0) is 6.18 Å². The van der Waals surface area contributed by atoms with Gasteiger partial charge in [0.25, 0.3) is 5.91 Å². The SMILES string of the molecule is C=C/C=C(\C=C(/N)Cl)NC(=O)c1cc(N2CCC(N3CCCC3)CC2)cc(C(F)(F)F)c1. The highest BCUT2D eigenvalue weighted by Gasteiger charge is 2.33. The molecule has 0 aliphatic carbocycles. The second-order valence-corrected chi connectivity index (χ2v) is 8.51. The molecule has 0 bridgehead atoms. The largest absolute Gasteiger partial charge is 0.416 e. The summed E-state index contributed by atoms with van der Waals surface area (Å²) in [6.45, 7) is 7.04. The summed E-state index contributed by atoms with van der Waals surface area (Å²) in [7, 11) is 0. The monoisotopic (exact) mass is 468 g/mol. The standard InChI is InChI=1S/C23H28ClF3N4O/c1-2-5-18(15-21(24)28)29-22(32)16-12-17(23(25,26)27)14-20(13-16)31-10-6-19(7-11-31)30-8-3-4-9-30/h2,5,12-15,19H,1,3-4,6-11,28H2,(H,29,32)/b18-5+,21-15-. The molecule has 174 valence electrons. The lowest BCUT2D eigenvalue weighted by Gasteiger charge is -2.38. The number of rotatable bonds is 6. The number of anilines is 1. The Balaban J connectivity index is 1.82. The maximum Gasteiger partial charge on any atom is 0.416 e. The van der Waals surface area contributed by atoms with Crippen LogP contribution >= 0.6 is 11.6 Å². The molecule has 1 aromatic carbocycles. The van der Waals surface area contributed by atoms with Crippen molar-refractivity contribution in [3.63, 3.8) is 0 Å². The van der Waals surface area contributed by atoms with Crippen LogP contribution < -0.4 is 16.0 Å². The molecule has 5 nitrogen and oxygen atoms in total. The lowest BCUT2D eigenvalue weighted by molar-refractivity contribution is -0.137. The highest BCUT2D eigenvalue weighted by molar-refractivity contribution is 6.29. The quantitative estimate of drug-likeness (QED) is 0.473. The number of piperidine rings is 1. The number of carbonyl (C=O) groups is 1. The van der Waals surface area contributed by atoms with Crippen molar-refractivity contribution < 1.29 is 18.0 Å². The van der Waals surface area contributed by atoms with Crippen LogP contribution in [0.15, 0.2) is 53.9 Å². The molecule has 0 aromatic heterocycles. The van der Waals surface area contributed by atoms with Gasteiger partial charge in [-0.15, -0.1) is 0 Å². The molecule has 3 rings (SSSR count). The van der Waals surface area contributed by atoms with E-state index in [-0.39, 0.29) is 16.4 Å². The first-order valence-electron chi connectivity index (χ1n) is 10.7. The Morgan fingerprint density at radius 3 is 2.38 bits per heavy atom. The predicted octanol–water partition coefficient (Wildman–Crippen LogP) is 4.61. The Labute approximate surface area is 191 Å². The summed E-state index contributed by atoms with van der Waals surface area (Å²) in [5, 5.41) is 2.46. The smallest absolute Gasteiger partial charge is 0.389 e. The van der Waals surface area contributed by atoms with Crippen LogP contribution in [0, 0.1) is 0 Å². The van der Waals surface area contributed by atoms with E-state index in [9.17, 15) is 18.0 Å². The fraction of sp³-hybridized carbons (Fsp3) is 0.435. The number of allylic oxidation sites excluding steroid dienone is 3. The number of amides is 1. The minimum atomic E-state index is -4.57. The predicted molar refractivity (Wildman–Crippen MR) is 121 cm³/mol. The molecule has 0 atom stereocenters. The number of nitrogens with two attached hydrogens (primary N) is 1. The van der Waals surface area contributed by atoms with E-state index in [1.807, 2.05) is 4.90 Å². The fourth-order valence-electron chi connectivity index (χ4n) is 4.29. The Hall–Kier alpha value is -2.45. The summed E-state index contributed by atoms with van der Waals surface area (Å²) >= 11 is 5.66. The number of nitrogens with zero attached hydrogens (tertiary/aromatic N) is 2. The molecule has 2 saturated heterocycles. The van der Waals surface area contributed by atoms with Gasteiger partial charge in [-0.2, -0.15) is 13.2 Å². The van der Waals surface area contributed by atoms with Gasteiger partial charge in [-0.25, -0.2) is 0 Å². The first kappa shape index (κ1) is 24.2. The first-order chi connectivity index (χ1) is 15.2. The molecular weight excluding hydrogens is 441 g/mol. The van der Waals surface area contributed by atoms with Crippen molar-refractivity contribution in [2.45, 2.75) is 37.9 Å². The fourth-order valence-corrected chi connectivity index (χ4v) is 4.41. The van der Waals surface area contributed by atoms with Gasteiger partial charge in [-0.1, -0.05) is 24.3 Å². The van der Waals surface area contributed by atoms with Crippen LogP contribution in [0.25, 0.3) is 0 Å². The van der Waals surface area contributed by atoms with Crippen molar-refractivity contribution in [1.29, 1.82) is 0 Å². The molecule has 2 fully saturated rings. The van der Waals surface area contributed by atoms with Gasteiger partial charge in [0, 0.05) is 36.1 Å². The van der Waals surface area contributed by atoms with E-state index in [1.165, 1.54) is 37.1 Å². The summed E-state index contributed by atoms with van der Waals surface area (Å²) in [5.41, 5.74) is 5.11. The minimum absolute atomic E-state index is 0.0796. The molecule has 2 aliphatic rings. The molecule has 2 heterocycles. The maximum atomic E-state index is 13.6. The van der Waals surface area contributed by atoms with Gasteiger partial charge in [0.15, 0.2) is 0 Å². The zero-order valence-electron chi connectivity index (χ0n) is 17.8. The number of benzene rings is 1. The number of hydrogen-bond donors (Lipinski definition) is 2. The molecule has 2 aliphatic heterocycles. The Bertz CT molecular complexity index is 895. The van der Waals surface area contributed by atoms with Gasteiger partial charge in [-0.3, -0.25) is 4.79 Å². The average molecular weight is 469 g/mol. The number of carbonyl (C=O) groups excluding carboxylic acids is 1. The van der Waals surface area contributed by atoms with Gasteiger partial charge < -0.3 is 20.9 Å². The van der Waals surface area contributed by atoms with Gasteiger partial charge in [0.2, 0.25) is 0 Å². The zero-order valence-corrected chi connectivity index (χ0v) is 18.6. The summed E-state index contributed by atoms with van der Waals surface area (Å²) < 4.78 is 40.7. The van der Waals surface area contributed by atoms with E-state index >= 15 is 0 Å². The highest BCUT2D eigenvalue weighted by Crippen LogP contribution is 2.34. The van der Waals surface area contributed by atoms with Gasteiger partial charge >= 0.3 is 6.18 Å². The first-order valence-corrected chi connectivity index (χ1v) is 11.0. The van der Waals surface area contributed by atoms with Gasteiger partial charge in [-0.05, 0) is 69.1 Å². The maximum absolute atomic E-state index is 13.6. The van der Waals surface area contributed by atoms with Crippen LogP contribution in [0.3, 0.4) is 0 Å². The second kappa shape index (κ2) is 10.4. The van der Waals surface area contributed by atoms with Crippen LogP contribution in [0.4, 0.5) is 18.9 Å². The van der Waals surface area contributed by atoms with Gasteiger partial charge in [0.05, 0.1) is 5.56 Å². The number of nitrogens with one attached hydrogen (secondary N) is 1. The lowest BCUT2D eigenvalue weighted by atomic mass is 10.0. The molecule has 0 saturated carbocycles. The molecule has 1 amide bonds. The van der Waals surface area contributed by atoms with E-state index in [0.29, 0.717) is 24.8 Å². The number of hydrogen-bond acceptors (Lipinski definition) is 4. The third-order valence-corrected chi connectivity index (χ3v) is 5.95. The molecular formula is C23H28ClF3N4O. The Kier molecular flexibility index (Phi) is 7.90. The number of likely N-dealkylation sites (tertiary alicyclic amines) is 1. The van der Waals surface area contributed by atoms with E-state index in [0.717, 1.165) is 38.1 Å². The molecule has 1 aromatic rings. The van der Waals surface area contributed by atoms with E-state index in [1.54, 1.807) is 0 Å². The summed E-state index contributed by atoms with van der Waals surface area (Å²) in [6, 6.07) is 3.95. The molecule has 3 N–H and O–H groups in total. The normalized spacial score (nSPS) is 19.3. The van der Waals surface area contributed by atoms with E-state index in [2.05, 4.69) is 16.8 Å². The molecule has 0 unspecified atom stereocenters. The molecule has 9 heteroatoms. The number of alkyl halides is 3. The van der Waals surface area contributed by atoms with Crippen molar-refractivity contribution >= 4 is 23.2 Å². The van der Waals surface area contributed by atoms with Crippen LogP contribution in [0.2, 0.25) is 0 Å². The van der Waals surface area contributed by atoms with E-state index in [4.69, 9.17) is 17.3 Å². The third-order valence-electron chi connectivity index (χ3n) is 5.84. The topological polar surface area (TPSA) is 61.6 Å². The second-order valence-electron chi connectivity index (χ2n) is 8.07. The van der Waals surface area contributed by atoms with Crippen molar-refractivity contribution in [2.24, 2.45) is 5.73 Å². The molecule has 0 radical (unpaired) electrons. The van der Waals surface area contributed by atoms with E-state index < -0.39 is 17.6 Å². The number of halogens is 4. The summed E-state index contributed by atoms with van der Waals surface area (Å²) in [5.74, 6) is -0.688. The summed E-state index contributed by atoms with van der Waals surface area (Å²) in [4.78, 5) is 17.2. The summed E-state index contributed by atoms with van der Waals surface area (Å²) in [6.07, 6.45) is 3.78. The van der Waals surface area contributed by atoms with Crippen LogP contribution in [0.1, 0.15) is 41.6 Å². The van der Waals surface area contributed by atoms with Crippen molar-refractivity contribution in [2.75, 3.05) is 31.1 Å². The molecule has 32 heavy (non-hydrogen) atoms. The minimum Gasteiger partial charge on any atom is -0.389 e. The van der Waals surface area contributed by atoms with Crippen LogP contribution in [0.5, 0.6) is 0 Å².